The first-order valence-corrected chi connectivity index (χ1v) is 7.38. The van der Waals surface area contributed by atoms with E-state index in [9.17, 15) is 0 Å². The number of hydrogen-bond donors (Lipinski definition) is 1. The first-order valence-electron chi connectivity index (χ1n) is 7.38. The third kappa shape index (κ3) is 3.12. The van der Waals surface area contributed by atoms with E-state index in [2.05, 4.69) is 36.1 Å². The maximum absolute atomic E-state index is 6.07. The van der Waals surface area contributed by atoms with Crippen molar-refractivity contribution in [2.24, 2.45) is 5.73 Å². The molecule has 2 heteroatoms. The lowest BCUT2D eigenvalue weighted by molar-refractivity contribution is 0.209. The minimum absolute atomic E-state index is 0.416. The van der Waals surface area contributed by atoms with Gasteiger partial charge >= 0.3 is 0 Å². The van der Waals surface area contributed by atoms with Crippen LogP contribution in [0.3, 0.4) is 0 Å². The Labute approximate surface area is 111 Å². The standard InChI is InChI=1S/C16H26N2/c1-2-14-9-5-6-10-15(14)16(13-17)18-11-7-3-4-8-12-18/h5-6,9-10,16H,2-4,7-8,11-13,17H2,1H3. The van der Waals surface area contributed by atoms with Crippen LogP contribution in [0.25, 0.3) is 0 Å². The first kappa shape index (κ1) is 13.6. The average molecular weight is 246 g/mol. The minimum Gasteiger partial charge on any atom is -0.329 e. The Morgan fingerprint density at radius 3 is 2.39 bits per heavy atom. The Hall–Kier alpha value is -0.860. The molecule has 1 atom stereocenters. The van der Waals surface area contributed by atoms with Gasteiger partial charge in [0.05, 0.1) is 0 Å². The molecule has 2 rings (SSSR count). The van der Waals surface area contributed by atoms with Crippen LogP contribution >= 0.6 is 0 Å². The van der Waals surface area contributed by atoms with Gasteiger partial charge in [0.15, 0.2) is 0 Å². The molecule has 1 saturated heterocycles. The molecule has 2 nitrogen and oxygen atoms in total. The van der Waals surface area contributed by atoms with E-state index in [0.717, 1.165) is 13.0 Å². The number of hydrogen-bond acceptors (Lipinski definition) is 2. The van der Waals surface area contributed by atoms with Crippen LogP contribution in [-0.2, 0) is 6.42 Å². The zero-order valence-electron chi connectivity index (χ0n) is 11.6. The second-order valence-electron chi connectivity index (χ2n) is 5.25. The summed E-state index contributed by atoms with van der Waals surface area (Å²) in [5.41, 5.74) is 8.97. The van der Waals surface area contributed by atoms with Crippen LogP contribution in [0, 0.1) is 0 Å². The molecule has 0 aromatic heterocycles. The molecule has 0 aliphatic carbocycles. The monoisotopic (exact) mass is 246 g/mol. The highest BCUT2D eigenvalue weighted by atomic mass is 15.2. The van der Waals surface area contributed by atoms with Gasteiger partial charge in [0.2, 0.25) is 0 Å². The first-order chi connectivity index (χ1) is 8.86. The van der Waals surface area contributed by atoms with Crippen LogP contribution in [-0.4, -0.2) is 24.5 Å². The van der Waals surface area contributed by atoms with Crippen LogP contribution in [0.4, 0.5) is 0 Å². The van der Waals surface area contributed by atoms with Crippen molar-refractivity contribution in [2.75, 3.05) is 19.6 Å². The molecule has 100 valence electrons. The maximum atomic E-state index is 6.07. The quantitative estimate of drug-likeness (QED) is 0.884. The van der Waals surface area contributed by atoms with Crippen molar-refractivity contribution in [3.63, 3.8) is 0 Å². The van der Waals surface area contributed by atoms with Gasteiger partial charge in [0, 0.05) is 12.6 Å². The summed E-state index contributed by atoms with van der Waals surface area (Å²) in [5.74, 6) is 0. The maximum Gasteiger partial charge on any atom is 0.0473 e. The van der Waals surface area contributed by atoms with E-state index in [1.54, 1.807) is 0 Å². The smallest absolute Gasteiger partial charge is 0.0473 e. The molecule has 1 aromatic carbocycles. The van der Waals surface area contributed by atoms with Crippen molar-refractivity contribution < 1.29 is 0 Å². The molecular formula is C16H26N2. The highest BCUT2D eigenvalue weighted by Crippen LogP contribution is 2.26. The Bertz CT molecular complexity index is 354. The Kier molecular flexibility index (Phi) is 5.21. The van der Waals surface area contributed by atoms with Gasteiger partial charge in [-0.15, -0.1) is 0 Å². The van der Waals surface area contributed by atoms with E-state index >= 15 is 0 Å². The molecule has 2 N–H and O–H groups in total. The molecule has 0 spiro atoms. The molecule has 1 aliphatic heterocycles. The summed E-state index contributed by atoms with van der Waals surface area (Å²) in [5, 5.41) is 0. The van der Waals surface area contributed by atoms with Gasteiger partial charge < -0.3 is 5.73 Å². The zero-order valence-corrected chi connectivity index (χ0v) is 11.6. The normalized spacial score (nSPS) is 19.4. The third-order valence-corrected chi connectivity index (χ3v) is 4.10. The zero-order chi connectivity index (χ0) is 12.8. The van der Waals surface area contributed by atoms with Crippen molar-refractivity contribution in [3.05, 3.63) is 35.4 Å². The SMILES string of the molecule is CCc1ccccc1C(CN)N1CCCCCC1. The van der Waals surface area contributed by atoms with Gasteiger partial charge in [0.25, 0.3) is 0 Å². The number of likely N-dealkylation sites (tertiary alicyclic amines) is 1. The van der Waals surface area contributed by atoms with E-state index < -0.39 is 0 Å². The van der Waals surface area contributed by atoms with Gasteiger partial charge in [-0.1, -0.05) is 44.0 Å². The number of aryl methyl sites for hydroxylation is 1. The summed E-state index contributed by atoms with van der Waals surface area (Å²) in [6.07, 6.45) is 6.50. The molecule has 1 heterocycles. The van der Waals surface area contributed by atoms with Crippen LogP contribution in [0.5, 0.6) is 0 Å². The minimum atomic E-state index is 0.416. The molecule has 0 saturated carbocycles. The fourth-order valence-electron chi connectivity index (χ4n) is 3.06. The summed E-state index contributed by atoms with van der Waals surface area (Å²) in [7, 11) is 0. The lowest BCUT2D eigenvalue weighted by Gasteiger charge is -2.31. The number of nitrogens with two attached hydrogens (primary N) is 1. The van der Waals surface area contributed by atoms with Crippen LogP contribution in [0.2, 0.25) is 0 Å². The molecule has 0 bridgehead atoms. The molecule has 1 fully saturated rings. The van der Waals surface area contributed by atoms with E-state index in [4.69, 9.17) is 5.73 Å². The summed E-state index contributed by atoms with van der Waals surface area (Å²) in [6, 6.07) is 9.21. The van der Waals surface area contributed by atoms with Gasteiger partial charge in [-0.25, -0.2) is 0 Å². The Morgan fingerprint density at radius 2 is 1.78 bits per heavy atom. The molecule has 1 aromatic rings. The fourth-order valence-corrected chi connectivity index (χ4v) is 3.06. The summed E-state index contributed by atoms with van der Waals surface area (Å²) >= 11 is 0. The Balaban J connectivity index is 2.20. The lowest BCUT2D eigenvalue weighted by atomic mass is 9.97. The predicted octanol–water partition coefficient (Wildman–Crippen LogP) is 3.12. The third-order valence-electron chi connectivity index (χ3n) is 4.10. The number of rotatable bonds is 4. The topological polar surface area (TPSA) is 29.3 Å². The van der Waals surface area contributed by atoms with Crippen molar-refractivity contribution in [3.8, 4) is 0 Å². The summed E-state index contributed by atoms with van der Waals surface area (Å²) in [4.78, 5) is 2.60. The van der Waals surface area contributed by atoms with Gasteiger partial charge in [-0.2, -0.15) is 0 Å². The van der Waals surface area contributed by atoms with Gasteiger partial charge in [-0.05, 0) is 43.5 Å². The van der Waals surface area contributed by atoms with Crippen LogP contribution < -0.4 is 5.73 Å². The number of benzene rings is 1. The predicted molar refractivity (Wildman–Crippen MR) is 77.7 cm³/mol. The second kappa shape index (κ2) is 6.91. The largest absolute Gasteiger partial charge is 0.329 e. The molecule has 0 radical (unpaired) electrons. The van der Waals surface area contributed by atoms with E-state index in [1.807, 2.05) is 0 Å². The summed E-state index contributed by atoms with van der Waals surface area (Å²) < 4.78 is 0. The highest BCUT2D eigenvalue weighted by Gasteiger charge is 2.21. The van der Waals surface area contributed by atoms with E-state index in [-0.39, 0.29) is 0 Å². The van der Waals surface area contributed by atoms with Crippen LogP contribution in [0.1, 0.15) is 49.8 Å². The van der Waals surface area contributed by atoms with E-state index in [0.29, 0.717) is 6.04 Å². The van der Waals surface area contributed by atoms with Crippen molar-refractivity contribution in [1.29, 1.82) is 0 Å². The Morgan fingerprint density at radius 1 is 1.11 bits per heavy atom. The molecule has 1 unspecified atom stereocenters. The lowest BCUT2D eigenvalue weighted by Crippen LogP contribution is -2.35. The second-order valence-corrected chi connectivity index (χ2v) is 5.25. The van der Waals surface area contributed by atoms with Crippen molar-refractivity contribution in [2.45, 2.75) is 45.1 Å². The van der Waals surface area contributed by atoms with E-state index in [1.165, 1.54) is 49.9 Å². The molecular weight excluding hydrogens is 220 g/mol. The molecule has 1 aliphatic rings. The van der Waals surface area contributed by atoms with Crippen molar-refractivity contribution >= 4 is 0 Å². The fraction of sp³-hybridized carbons (Fsp3) is 0.625. The highest BCUT2D eigenvalue weighted by molar-refractivity contribution is 5.30. The van der Waals surface area contributed by atoms with Gasteiger partial charge in [0.1, 0.15) is 0 Å². The van der Waals surface area contributed by atoms with Crippen molar-refractivity contribution in [1.82, 2.24) is 4.90 Å². The summed E-state index contributed by atoms with van der Waals surface area (Å²) in [6.45, 7) is 5.38. The molecule has 18 heavy (non-hydrogen) atoms. The van der Waals surface area contributed by atoms with Gasteiger partial charge in [-0.3, -0.25) is 4.90 Å². The average Bonchev–Trinajstić information content (AvgIpc) is 2.69. The molecule has 0 amide bonds. The number of nitrogens with zero attached hydrogens (tertiary/aromatic N) is 1. The van der Waals surface area contributed by atoms with Crippen LogP contribution in [0.15, 0.2) is 24.3 Å².